The summed E-state index contributed by atoms with van der Waals surface area (Å²) in [6.07, 6.45) is 1.40. The van der Waals surface area contributed by atoms with Crippen LogP contribution in [0.25, 0.3) is 21.3 Å². The zero-order chi connectivity index (χ0) is 21.1. The second-order valence-corrected chi connectivity index (χ2v) is 7.28. The van der Waals surface area contributed by atoms with Crippen LogP contribution in [0.2, 0.25) is 0 Å². The molecule has 2 heterocycles. The van der Waals surface area contributed by atoms with Crippen LogP contribution in [-0.4, -0.2) is 40.1 Å². The van der Waals surface area contributed by atoms with Gasteiger partial charge >= 0.3 is 5.97 Å². The number of amides is 1. The predicted molar refractivity (Wildman–Crippen MR) is 112 cm³/mol. The monoisotopic (exact) mass is 422 g/mol. The van der Waals surface area contributed by atoms with Crippen molar-refractivity contribution >= 4 is 44.5 Å². The zero-order valence-corrected chi connectivity index (χ0v) is 17.2. The quantitative estimate of drug-likeness (QED) is 0.459. The van der Waals surface area contributed by atoms with Gasteiger partial charge in [-0.1, -0.05) is 23.5 Å². The molecule has 9 heteroatoms. The third-order valence-electron chi connectivity index (χ3n) is 4.35. The van der Waals surface area contributed by atoms with Crippen LogP contribution in [0.1, 0.15) is 17.4 Å². The topological polar surface area (TPSA) is 95.7 Å². The highest BCUT2D eigenvalue weighted by molar-refractivity contribution is 7.16. The Morgan fingerprint density at radius 2 is 1.97 bits per heavy atom. The molecule has 4 rings (SSSR count). The van der Waals surface area contributed by atoms with E-state index in [1.54, 1.807) is 30.7 Å². The van der Waals surface area contributed by atoms with E-state index < -0.39 is 11.9 Å². The maximum absolute atomic E-state index is 12.8. The zero-order valence-electron chi connectivity index (χ0n) is 16.4. The first-order valence-corrected chi connectivity index (χ1v) is 10.0. The first-order valence-electron chi connectivity index (χ1n) is 9.23. The van der Waals surface area contributed by atoms with E-state index in [1.165, 1.54) is 17.5 Å². The fraction of sp³-hybridized carbons (Fsp3) is 0.190. The Kier molecular flexibility index (Phi) is 5.53. The average Bonchev–Trinajstić information content (AvgIpc) is 3.09. The number of carbonyl (C=O) groups excluding carboxylic acids is 2. The molecule has 0 atom stereocenters. The lowest BCUT2D eigenvalue weighted by atomic mass is 10.3. The van der Waals surface area contributed by atoms with Gasteiger partial charge in [-0.05, 0) is 37.3 Å². The highest BCUT2D eigenvalue weighted by Crippen LogP contribution is 2.23. The van der Waals surface area contributed by atoms with E-state index in [2.05, 4.69) is 15.0 Å². The number of fused-ring (bicyclic) bond motifs is 2. The molecule has 0 spiro atoms. The van der Waals surface area contributed by atoms with E-state index in [9.17, 15) is 9.59 Å². The molecule has 0 N–H and O–H groups in total. The maximum Gasteiger partial charge on any atom is 0.326 e. The Balaban J connectivity index is 1.81. The van der Waals surface area contributed by atoms with Gasteiger partial charge in [0.2, 0.25) is 0 Å². The molecule has 0 saturated heterocycles. The second-order valence-electron chi connectivity index (χ2n) is 6.27. The van der Waals surface area contributed by atoms with E-state index in [1.807, 2.05) is 30.3 Å². The van der Waals surface area contributed by atoms with Crippen LogP contribution in [0, 0.1) is 0 Å². The van der Waals surface area contributed by atoms with Gasteiger partial charge in [0.05, 0.1) is 41.2 Å². The van der Waals surface area contributed by atoms with Crippen molar-refractivity contribution in [3.63, 3.8) is 0 Å². The molecule has 0 saturated carbocycles. The molecular weight excluding hydrogens is 404 g/mol. The van der Waals surface area contributed by atoms with Crippen LogP contribution in [0.5, 0.6) is 5.75 Å². The van der Waals surface area contributed by atoms with Gasteiger partial charge in [-0.15, -0.1) is 0 Å². The summed E-state index contributed by atoms with van der Waals surface area (Å²) in [7, 11) is 1.58. The van der Waals surface area contributed by atoms with E-state index in [-0.39, 0.29) is 18.8 Å². The maximum atomic E-state index is 12.8. The number of hydrogen-bond donors (Lipinski definition) is 0. The normalized spacial score (nSPS) is 11.7. The molecule has 0 aliphatic heterocycles. The number of thiazole rings is 1. The number of nitrogens with zero attached hydrogens (tertiary/aromatic N) is 4. The molecule has 152 valence electrons. The highest BCUT2D eigenvalue weighted by Gasteiger charge is 2.14. The number of ether oxygens (including phenoxy) is 2. The fourth-order valence-electron chi connectivity index (χ4n) is 2.96. The van der Waals surface area contributed by atoms with Crippen LogP contribution in [0.4, 0.5) is 0 Å². The minimum Gasteiger partial charge on any atom is -0.497 e. The Labute approximate surface area is 175 Å². The lowest BCUT2D eigenvalue weighted by Crippen LogP contribution is -2.23. The van der Waals surface area contributed by atoms with Gasteiger partial charge in [-0.2, -0.15) is 4.99 Å². The molecule has 0 bridgehead atoms. The largest absolute Gasteiger partial charge is 0.497 e. The standard InChI is InChI=1S/C21H18N4O4S/c1-3-29-19(26)12-25-17-9-8-13(28-2)10-18(17)30-21(25)24-20(27)16-11-22-14-6-4-5-7-15(14)23-16/h4-11H,3,12H2,1-2H3. The predicted octanol–water partition coefficient (Wildman–Crippen LogP) is 2.96. The first-order chi connectivity index (χ1) is 14.6. The van der Waals surface area contributed by atoms with E-state index in [0.717, 1.165) is 10.2 Å². The van der Waals surface area contributed by atoms with Gasteiger partial charge in [0.25, 0.3) is 5.91 Å². The number of rotatable bonds is 5. The van der Waals surface area contributed by atoms with Crippen LogP contribution in [-0.2, 0) is 16.1 Å². The summed E-state index contributed by atoms with van der Waals surface area (Å²) in [6.45, 7) is 1.95. The van der Waals surface area contributed by atoms with E-state index in [4.69, 9.17) is 9.47 Å². The van der Waals surface area contributed by atoms with Crippen LogP contribution in [0.3, 0.4) is 0 Å². The number of para-hydroxylation sites is 2. The fourth-order valence-corrected chi connectivity index (χ4v) is 4.01. The summed E-state index contributed by atoms with van der Waals surface area (Å²) in [4.78, 5) is 38.1. The van der Waals surface area contributed by atoms with Crippen molar-refractivity contribution < 1.29 is 19.1 Å². The van der Waals surface area contributed by atoms with E-state index >= 15 is 0 Å². The summed E-state index contributed by atoms with van der Waals surface area (Å²) >= 11 is 1.28. The van der Waals surface area contributed by atoms with Gasteiger partial charge in [-0.25, -0.2) is 4.98 Å². The number of benzene rings is 2. The summed E-state index contributed by atoms with van der Waals surface area (Å²) in [5.41, 5.74) is 2.19. The van der Waals surface area contributed by atoms with Gasteiger partial charge < -0.3 is 14.0 Å². The Hall–Kier alpha value is -3.59. The molecule has 0 radical (unpaired) electrons. The van der Waals surface area contributed by atoms with Crippen LogP contribution in [0.15, 0.2) is 53.7 Å². The number of carbonyl (C=O) groups is 2. The number of hydrogen-bond acceptors (Lipinski definition) is 7. The Bertz CT molecular complexity index is 1330. The molecule has 30 heavy (non-hydrogen) atoms. The molecule has 2 aromatic heterocycles. The van der Waals surface area contributed by atoms with Crippen molar-refractivity contribution in [2.45, 2.75) is 13.5 Å². The third-order valence-corrected chi connectivity index (χ3v) is 5.39. The van der Waals surface area contributed by atoms with Crippen molar-refractivity contribution in [3.8, 4) is 5.75 Å². The van der Waals surface area contributed by atoms with Gasteiger partial charge in [-0.3, -0.25) is 14.6 Å². The number of esters is 1. The van der Waals surface area contributed by atoms with Crippen LogP contribution >= 0.6 is 11.3 Å². The number of aromatic nitrogens is 3. The smallest absolute Gasteiger partial charge is 0.326 e. The minimum atomic E-state index is -0.538. The van der Waals surface area contributed by atoms with Gasteiger partial charge in [0, 0.05) is 0 Å². The average molecular weight is 422 g/mol. The molecule has 0 fully saturated rings. The second kappa shape index (κ2) is 8.42. The molecule has 0 aliphatic rings. The van der Waals surface area contributed by atoms with E-state index in [0.29, 0.717) is 21.6 Å². The SMILES string of the molecule is CCOC(=O)Cn1c(=NC(=O)c2cnc3ccccc3n2)sc2cc(OC)ccc21. The Morgan fingerprint density at radius 3 is 2.73 bits per heavy atom. The molecule has 8 nitrogen and oxygen atoms in total. The molecule has 0 unspecified atom stereocenters. The Morgan fingerprint density at radius 1 is 1.17 bits per heavy atom. The molecular formula is C21H18N4O4S. The molecule has 1 amide bonds. The van der Waals surface area contributed by atoms with Crippen LogP contribution < -0.4 is 9.54 Å². The lowest BCUT2D eigenvalue weighted by molar-refractivity contribution is -0.143. The third kappa shape index (κ3) is 3.92. The van der Waals surface area contributed by atoms with Crippen molar-refractivity contribution in [1.29, 1.82) is 0 Å². The van der Waals surface area contributed by atoms with Crippen molar-refractivity contribution in [1.82, 2.24) is 14.5 Å². The molecule has 0 aliphatic carbocycles. The highest BCUT2D eigenvalue weighted by atomic mass is 32.1. The molecule has 2 aromatic carbocycles. The lowest BCUT2D eigenvalue weighted by Gasteiger charge is -2.05. The van der Waals surface area contributed by atoms with Crippen molar-refractivity contribution in [2.24, 2.45) is 4.99 Å². The van der Waals surface area contributed by atoms with Crippen molar-refractivity contribution in [3.05, 3.63) is 59.2 Å². The summed E-state index contributed by atoms with van der Waals surface area (Å²) in [5.74, 6) is -0.276. The van der Waals surface area contributed by atoms with Gasteiger partial charge in [0.15, 0.2) is 4.80 Å². The number of methoxy groups -OCH3 is 1. The minimum absolute atomic E-state index is 0.0598. The summed E-state index contributed by atoms with van der Waals surface area (Å²) in [5, 5.41) is 0. The summed E-state index contributed by atoms with van der Waals surface area (Å²) < 4.78 is 12.8. The first kappa shape index (κ1) is 19.7. The summed E-state index contributed by atoms with van der Waals surface area (Å²) in [6, 6.07) is 12.7. The van der Waals surface area contributed by atoms with Crippen molar-refractivity contribution in [2.75, 3.05) is 13.7 Å². The van der Waals surface area contributed by atoms with Gasteiger partial charge in [0.1, 0.15) is 18.0 Å². The molecule has 4 aromatic rings.